The van der Waals surface area contributed by atoms with E-state index in [0.717, 1.165) is 28.8 Å². The summed E-state index contributed by atoms with van der Waals surface area (Å²) in [6.45, 7) is 0.591. The van der Waals surface area contributed by atoms with Crippen LogP contribution in [0.4, 0.5) is 17.6 Å². The van der Waals surface area contributed by atoms with Gasteiger partial charge in [0, 0.05) is 41.6 Å². The van der Waals surface area contributed by atoms with Crippen molar-refractivity contribution in [3.05, 3.63) is 0 Å². The van der Waals surface area contributed by atoms with Crippen LogP contribution in [0, 0.1) is 0 Å². The van der Waals surface area contributed by atoms with Crippen LogP contribution in [-0.4, -0.2) is 22.6 Å². The number of hydrogen-bond donors (Lipinski definition) is 0. The summed E-state index contributed by atoms with van der Waals surface area (Å²) in [5.74, 6) is -2.83. The smallest absolute Gasteiger partial charge is 0.290 e. The number of halogens is 5. The van der Waals surface area contributed by atoms with Crippen LogP contribution >= 0.6 is 22.6 Å². The molecule has 0 saturated heterocycles. The van der Waals surface area contributed by atoms with E-state index < -0.39 is 22.8 Å². The first-order valence-electron chi connectivity index (χ1n) is 3.70. The summed E-state index contributed by atoms with van der Waals surface area (Å²) in [7, 11) is 0. The van der Waals surface area contributed by atoms with E-state index in [9.17, 15) is 17.6 Å². The molecule has 0 radical (unpaired) electrons. The van der Waals surface area contributed by atoms with Crippen LogP contribution in [0.3, 0.4) is 0 Å². The Balaban J connectivity index is 3.77. The van der Waals surface area contributed by atoms with Crippen molar-refractivity contribution in [1.29, 1.82) is 0 Å². The highest BCUT2D eigenvalue weighted by molar-refractivity contribution is 14.1. The summed E-state index contributed by atoms with van der Waals surface area (Å²) in [6, 6.07) is 0. The molecule has 0 aromatic heterocycles. The summed E-state index contributed by atoms with van der Waals surface area (Å²) in [5, 5.41) is 0. The predicted molar refractivity (Wildman–Crippen MR) is 52.2 cm³/mol. The van der Waals surface area contributed by atoms with Gasteiger partial charge in [0.05, 0.1) is 0 Å². The van der Waals surface area contributed by atoms with Gasteiger partial charge in [-0.2, -0.15) is 8.78 Å². The average molecular weight is 311 g/mol. The van der Waals surface area contributed by atoms with Gasteiger partial charge in [-0.3, -0.25) is 4.99 Å². The van der Waals surface area contributed by atoms with Gasteiger partial charge in [-0.15, -0.1) is 0 Å². The topological polar surface area (TPSA) is 12.4 Å². The van der Waals surface area contributed by atoms with Crippen molar-refractivity contribution < 1.29 is 17.6 Å². The molecular formula is C7H10F4IN. The average Bonchev–Trinajstić information content (AvgIpc) is 1.97. The highest BCUT2D eigenvalue weighted by Gasteiger charge is 2.25. The molecule has 0 amide bonds. The van der Waals surface area contributed by atoms with Gasteiger partial charge in [0.2, 0.25) is 0 Å². The Hall–Kier alpha value is 0.120. The molecule has 0 heterocycles. The van der Waals surface area contributed by atoms with Crippen LogP contribution in [0.15, 0.2) is 4.99 Å². The normalized spacial score (nSPS) is 14.0. The van der Waals surface area contributed by atoms with Crippen molar-refractivity contribution in [3.8, 4) is 0 Å². The molecule has 0 aliphatic carbocycles. The SMILES string of the molecule is CCC(F)(F)CC=NCC(F)(F)I. The molecule has 0 rings (SSSR count). The highest BCUT2D eigenvalue weighted by Crippen LogP contribution is 2.23. The van der Waals surface area contributed by atoms with E-state index in [1.54, 1.807) is 0 Å². The fourth-order valence-electron chi connectivity index (χ4n) is 0.511. The number of hydrogen-bond acceptors (Lipinski definition) is 1. The van der Waals surface area contributed by atoms with E-state index in [4.69, 9.17) is 0 Å². The van der Waals surface area contributed by atoms with E-state index in [1.807, 2.05) is 0 Å². The third kappa shape index (κ3) is 8.45. The quantitative estimate of drug-likeness (QED) is 0.319. The fraction of sp³-hybridized carbons (Fsp3) is 0.857. The van der Waals surface area contributed by atoms with Crippen LogP contribution in [-0.2, 0) is 0 Å². The van der Waals surface area contributed by atoms with Gasteiger partial charge < -0.3 is 0 Å². The molecule has 0 spiro atoms. The second kappa shape index (κ2) is 5.11. The van der Waals surface area contributed by atoms with E-state index in [-0.39, 0.29) is 6.42 Å². The molecule has 0 unspecified atom stereocenters. The second-order valence-electron chi connectivity index (χ2n) is 2.55. The van der Waals surface area contributed by atoms with Gasteiger partial charge in [-0.1, -0.05) is 6.92 Å². The van der Waals surface area contributed by atoms with E-state index >= 15 is 0 Å². The monoisotopic (exact) mass is 311 g/mol. The highest BCUT2D eigenvalue weighted by atomic mass is 127. The van der Waals surface area contributed by atoms with Gasteiger partial charge in [0.15, 0.2) is 0 Å². The number of alkyl halides is 5. The van der Waals surface area contributed by atoms with Crippen molar-refractivity contribution in [3.63, 3.8) is 0 Å². The molecule has 6 heteroatoms. The minimum absolute atomic E-state index is 0.306. The Morgan fingerprint density at radius 3 is 2.23 bits per heavy atom. The summed E-state index contributed by atoms with van der Waals surface area (Å²) < 4.78 is 46.3. The van der Waals surface area contributed by atoms with E-state index in [0.29, 0.717) is 0 Å². The minimum Gasteiger partial charge on any atom is -0.290 e. The lowest BCUT2D eigenvalue weighted by Crippen LogP contribution is -2.15. The summed E-state index contributed by atoms with van der Waals surface area (Å²) >= 11 is 0.912. The summed E-state index contributed by atoms with van der Waals surface area (Å²) in [4.78, 5) is 3.21. The lowest BCUT2D eigenvalue weighted by atomic mass is 10.2. The van der Waals surface area contributed by atoms with E-state index in [2.05, 4.69) is 4.99 Å². The zero-order chi connectivity index (χ0) is 10.5. The lowest BCUT2D eigenvalue weighted by molar-refractivity contribution is 0.00606. The van der Waals surface area contributed by atoms with Crippen LogP contribution < -0.4 is 0 Å². The van der Waals surface area contributed by atoms with Crippen LogP contribution in [0.1, 0.15) is 19.8 Å². The molecule has 0 N–H and O–H groups in total. The van der Waals surface area contributed by atoms with Crippen molar-refractivity contribution in [2.75, 3.05) is 6.54 Å². The Morgan fingerprint density at radius 2 is 1.85 bits per heavy atom. The molecular weight excluding hydrogens is 301 g/mol. The van der Waals surface area contributed by atoms with Crippen LogP contribution in [0.25, 0.3) is 0 Å². The van der Waals surface area contributed by atoms with Crippen molar-refractivity contribution in [2.45, 2.75) is 29.6 Å². The van der Waals surface area contributed by atoms with Crippen LogP contribution in [0.2, 0.25) is 0 Å². The lowest BCUT2D eigenvalue weighted by Gasteiger charge is -2.10. The van der Waals surface area contributed by atoms with Gasteiger partial charge in [-0.25, -0.2) is 8.78 Å². The zero-order valence-corrected chi connectivity index (χ0v) is 9.19. The maximum absolute atomic E-state index is 12.5. The molecule has 0 aromatic rings. The van der Waals surface area contributed by atoms with Gasteiger partial charge >= 0.3 is 3.93 Å². The first kappa shape index (κ1) is 13.1. The number of nitrogens with zero attached hydrogens (tertiary/aromatic N) is 1. The molecule has 1 nitrogen and oxygen atoms in total. The molecule has 0 fully saturated rings. The van der Waals surface area contributed by atoms with E-state index in [1.165, 1.54) is 6.92 Å². The van der Waals surface area contributed by atoms with Gasteiger partial charge in [0.1, 0.15) is 6.54 Å². The molecule has 0 aromatic carbocycles. The maximum atomic E-state index is 12.5. The fourth-order valence-corrected chi connectivity index (χ4v) is 0.707. The summed E-state index contributed by atoms with van der Waals surface area (Å²) in [5.41, 5.74) is 0. The first-order valence-corrected chi connectivity index (χ1v) is 4.77. The Bertz CT molecular complexity index is 176. The Labute approximate surface area is 87.7 Å². The maximum Gasteiger partial charge on any atom is 0.315 e. The number of rotatable bonds is 5. The number of aliphatic imine (C=N–C) groups is 1. The van der Waals surface area contributed by atoms with Crippen molar-refractivity contribution >= 4 is 28.8 Å². The summed E-state index contributed by atoms with van der Waals surface area (Å²) in [6.07, 6.45) is -0.0219. The third-order valence-corrected chi connectivity index (χ3v) is 1.65. The molecule has 0 atom stereocenters. The van der Waals surface area contributed by atoms with Crippen LogP contribution in [0.5, 0.6) is 0 Å². The predicted octanol–water partition coefficient (Wildman–Crippen LogP) is 3.52. The standard InChI is InChI=1S/C7H10F4IN/c1-2-6(8,9)3-4-13-5-7(10,11)12/h4H,2-3,5H2,1H3. The molecule has 0 saturated carbocycles. The minimum atomic E-state index is -2.95. The van der Waals surface area contributed by atoms with Crippen molar-refractivity contribution in [1.82, 2.24) is 0 Å². The first-order chi connectivity index (χ1) is 5.77. The second-order valence-corrected chi connectivity index (χ2v) is 4.13. The molecule has 78 valence electrons. The van der Waals surface area contributed by atoms with Gasteiger partial charge in [-0.05, 0) is 0 Å². The molecule has 0 aliphatic rings. The third-order valence-electron chi connectivity index (χ3n) is 1.31. The van der Waals surface area contributed by atoms with Gasteiger partial charge in [0.25, 0.3) is 5.92 Å². The molecule has 0 bridgehead atoms. The zero-order valence-electron chi connectivity index (χ0n) is 7.04. The Morgan fingerprint density at radius 1 is 1.31 bits per heavy atom. The van der Waals surface area contributed by atoms with Crippen molar-refractivity contribution in [2.24, 2.45) is 4.99 Å². The molecule has 0 aliphatic heterocycles. The Kier molecular flexibility index (Phi) is 5.16. The largest absolute Gasteiger partial charge is 0.315 e. The molecule has 13 heavy (non-hydrogen) atoms.